The van der Waals surface area contributed by atoms with Gasteiger partial charge < -0.3 is 9.72 Å². The lowest BCUT2D eigenvalue weighted by Crippen LogP contribution is -2.44. The van der Waals surface area contributed by atoms with Crippen molar-refractivity contribution in [3.63, 3.8) is 0 Å². The summed E-state index contributed by atoms with van der Waals surface area (Å²) in [7, 11) is 0. The van der Waals surface area contributed by atoms with Crippen LogP contribution in [0.15, 0.2) is 29.1 Å². The number of H-pyrrole nitrogens is 1. The van der Waals surface area contributed by atoms with Gasteiger partial charge in [0.1, 0.15) is 0 Å². The Labute approximate surface area is 212 Å². The quantitative estimate of drug-likeness (QED) is 0.488. The molecule has 1 saturated carbocycles. The Bertz CT molecular complexity index is 1210. The molecule has 5 rings (SSSR count). The fraction of sp³-hybridized carbons (Fsp3) is 0.630. The summed E-state index contributed by atoms with van der Waals surface area (Å²) >= 11 is 0. The molecule has 0 spiro atoms. The zero-order valence-electron chi connectivity index (χ0n) is 21.8. The third kappa shape index (κ3) is 5.38. The summed E-state index contributed by atoms with van der Waals surface area (Å²) < 4.78 is 7.63. The second kappa shape index (κ2) is 11.2. The summed E-state index contributed by atoms with van der Waals surface area (Å²) in [5, 5.41) is 14.2. The average Bonchev–Trinajstić information content (AvgIpc) is 3.56. The van der Waals surface area contributed by atoms with E-state index in [1.54, 1.807) is 0 Å². The predicted octanol–water partition coefficient (Wildman–Crippen LogP) is 3.47. The Kier molecular flexibility index (Phi) is 7.79. The number of tetrazole rings is 1. The number of hydrogen-bond donors (Lipinski definition) is 1. The number of aryl methyl sites for hydroxylation is 1. The van der Waals surface area contributed by atoms with E-state index in [1.807, 2.05) is 19.1 Å². The van der Waals surface area contributed by atoms with Gasteiger partial charge in [-0.1, -0.05) is 44.9 Å². The Morgan fingerprint density at radius 2 is 1.97 bits per heavy atom. The molecule has 1 N–H and O–H groups in total. The van der Waals surface area contributed by atoms with Gasteiger partial charge in [-0.2, -0.15) is 0 Å². The number of nitrogens with zero attached hydrogens (tertiary/aromatic N) is 6. The largest absolute Gasteiger partial charge is 0.379 e. The van der Waals surface area contributed by atoms with Gasteiger partial charge in [-0.3, -0.25) is 14.6 Å². The van der Waals surface area contributed by atoms with Crippen LogP contribution >= 0.6 is 0 Å². The molecule has 194 valence electrons. The Morgan fingerprint density at radius 3 is 2.72 bits per heavy atom. The first kappa shape index (κ1) is 25.0. The summed E-state index contributed by atoms with van der Waals surface area (Å²) in [5.41, 5.74) is 2.75. The Morgan fingerprint density at radius 1 is 1.19 bits per heavy atom. The summed E-state index contributed by atoms with van der Waals surface area (Å²) in [6, 6.07) is 8.58. The van der Waals surface area contributed by atoms with Gasteiger partial charge in [0.25, 0.3) is 5.56 Å². The normalized spacial score (nSPS) is 18.6. The number of nitrogens with one attached hydrogen (secondary N) is 1. The second-order valence-corrected chi connectivity index (χ2v) is 10.7. The van der Waals surface area contributed by atoms with Crippen molar-refractivity contribution in [1.29, 1.82) is 0 Å². The number of ether oxygens (including phenoxy) is 1. The molecule has 9 heteroatoms. The zero-order chi connectivity index (χ0) is 25.1. The van der Waals surface area contributed by atoms with E-state index in [9.17, 15) is 4.79 Å². The maximum atomic E-state index is 13.2. The van der Waals surface area contributed by atoms with Crippen molar-refractivity contribution in [2.75, 3.05) is 39.4 Å². The van der Waals surface area contributed by atoms with Gasteiger partial charge in [0, 0.05) is 38.3 Å². The van der Waals surface area contributed by atoms with Crippen LogP contribution in [0.3, 0.4) is 0 Å². The fourth-order valence-corrected chi connectivity index (χ4v) is 5.86. The van der Waals surface area contributed by atoms with Crippen molar-refractivity contribution in [2.45, 2.75) is 65.1 Å². The molecule has 3 heterocycles. The first-order valence-corrected chi connectivity index (χ1v) is 13.4. The molecule has 0 radical (unpaired) electrons. The molecular weight excluding hydrogens is 454 g/mol. The molecule has 1 saturated heterocycles. The molecule has 2 aromatic heterocycles. The van der Waals surface area contributed by atoms with Crippen LogP contribution in [-0.2, 0) is 11.3 Å². The standard InChI is InChI=1S/C27H39N7O2/c1-19(2)25(26-29-30-31-34(26)23-9-4-5-10-23)33(12-11-32-13-15-36-16-14-32)18-22-17-21-8-6-7-20(3)24(21)28-27(22)35/h6-8,17,19,23,25H,4-5,9-16,18H2,1-3H3,(H,28,35)/t25-/m1/s1. The van der Waals surface area contributed by atoms with Crippen molar-refractivity contribution in [2.24, 2.45) is 5.92 Å². The molecule has 1 atom stereocenters. The van der Waals surface area contributed by atoms with Gasteiger partial charge in [0.2, 0.25) is 0 Å². The maximum absolute atomic E-state index is 13.2. The van der Waals surface area contributed by atoms with E-state index in [0.29, 0.717) is 12.6 Å². The fourth-order valence-electron chi connectivity index (χ4n) is 5.86. The number of fused-ring (bicyclic) bond motifs is 1. The van der Waals surface area contributed by atoms with Gasteiger partial charge in [-0.25, -0.2) is 4.68 Å². The minimum Gasteiger partial charge on any atom is -0.379 e. The van der Waals surface area contributed by atoms with Gasteiger partial charge in [-0.15, -0.1) is 5.10 Å². The summed E-state index contributed by atoms with van der Waals surface area (Å²) in [6.45, 7) is 12.2. The van der Waals surface area contributed by atoms with Crippen LogP contribution < -0.4 is 5.56 Å². The number of rotatable bonds is 9. The molecule has 1 aliphatic heterocycles. The second-order valence-electron chi connectivity index (χ2n) is 10.7. The van der Waals surface area contributed by atoms with Crippen LogP contribution in [0.2, 0.25) is 0 Å². The minimum atomic E-state index is -0.0222. The van der Waals surface area contributed by atoms with Crippen molar-refractivity contribution in [1.82, 2.24) is 35.0 Å². The molecule has 2 fully saturated rings. The topological polar surface area (TPSA) is 92.2 Å². The van der Waals surface area contributed by atoms with E-state index in [2.05, 4.69) is 61.0 Å². The molecule has 3 aromatic rings. The number of pyridine rings is 1. The molecule has 2 aliphatic rings. The maximum Gasteiger partial charge on any atom is 0.252 e. The van der Waals surface area contributed by atoms with E-state index in [-0.39, 0.29) is 17.5 Å². The highest BCUT2D eigenvalue weighted by molar-refractivity contribution is 5.81. The Hall–Kier alpha value is -2.62. The number of benzene rings is 1. The lowest BCUT2D eigenvalue weighted by Gasteiger charge is -2.36. The summed E-state index contributed by atoms with van der Waals surface area (Å²) in [5.74, 6) is 1.20. The summed E-state index contributed by atoms with van der Waals surface area (Å²) in [6.07, 6.45) is 4.70. The van der Waals surface area contributed by atoms with Crippen molar-refractivity contribution < 1.29 is 4.74 Å². The molecule has 1 aromatic carbocycles. The van der Waals surface area contributed by atoms with E-state index in [0.717, 1.165) is 80.1 Å². The highest BCUT2D eigenvalue weighted by atomic mass is 16.5. The number of aromatic nitrogens is 5. The van der Waals surface area contributed by atoms with Gasteiger partial charge in [-0.05, 0) is 53.1 Å². The van der Waals surface area contributed by atoms with E-state index >= 15 is 0 Å². The number of para-hydroxylation sites is 1. The molecule has 0 unspecified atom stereocenters. The van der Waals surface area contributed by atoms with E-state index in [4.69, 9.17) is 4.74 Å². The number of morpholine rings is 1. The molecule has 9 nitrogen and oxygen atoms in total. The van der Waals surface area contributed by atoms with Crippen LogP contribution in [0.25, 0.3) is 10.9 Å². The number of aromatic amines is 1. The van der Waals surface area contributed by atoms with Crippen molar-refractivity contribution >= 4 is 10.9 Å². The first-order chi connectivity index (χ1) is 17.5. The molecule has 0 amide bonds. The number of hydrogen-bond acceptors (Lipinski definition) is 7. The lowest BCUT2D eigenvalue weighted by atomic mass is 9.99. The van der Waals surface area contributed by atoms with E-state index in [1.165, 1.54) is 12.8 Å². The molecule has 0 bridgehead atoms. The third-order valence-corrected chi connectivity index (χ3v) is 7.82. The van der Waals surface area contributed by atoms with E-state index < -0.39 is 0 Å². The van der Waals surface area contributed by atoms with Gasteiger partial charge in [0.15, 0.2) is 5.82 Å². The minimum absolute atomic E-state index is 0.00856. The van der Waals surface area contributed by atoms with Crippen molar-refractivity contribution in [3.05, 3.63) is 51.6 Å². The Balaban J connectivity index is 1.49. The zero-order valence-corrected chi connectivity index (χ0v) is 21.8. The van der Waals surface area contributed by atoms with Crippen molar-refractivity contribution in [3.8, 4) is 0 Å². The lowest BCUT2D eigenvalue weighted by molar-refractivity contribution is 0.0267. The summed E-state index contributed by atoms with van der Waals surface area (Å²) in [4.78, 5) is 21.2. The van der Waals surface area contributed by atoms with Crippen LogP contribution in [0.5, 0.6) is 0 Å². The predicted molar refractivity (Wildman–Crippen MR) is 140 cm³/mol. The smallest absolute Gasteiger partial charge is 0.252 e. The highest BCUT2D eigenvalue weighted by Crippen LogP contribution is 2.34. The van der Waals surface area contributed by atoms with Crippen LogP contribution in [0.1, 0.15) is 68.6 Å². The SMILES string of the molecule is Cc1cccc2cc(CN(CCN3CCOCC3)[C@@H](c3nnnn3C3CCCC3)C(C)C)c(=O)[nH]c12. The third-order valence-electron chi connectivity index (χ3n) is 7.82. The van der Waals surface area contributed by atoms with Crippen LogP contribution in [0.4, 0.5) is 0 Å². The van der Waals surface area contributed by atoms with Gasteiger partial charge >= 0.3 is 0 Å². The van der Waals surface area contributed by atoms with Gasteiger partial charge in [0.05, 0.1) is 30.8 Å². The molecule has 36 heavy (non-hydrogen) atoms. The average molecular weight is 494 g/mol. The van der Waals surface area contributed by atoms with Crippen LogP contribution in [0, 0.1) is 12.8 Å². The first-order valence-electron chi connectivity index (χ1n) is 13.4. The molecule has 1 aliphatic carbocycles. The monoisotopic (exact) mass is 493 g/mol. The molecular formula is C27H39N7O2. The van der Waals surface area contributed by atoms with Crippen LogP contribution in [-0.4, -0.2) is 74.4 Å². The highest BCUT2D eigenvalue weighted by Gasteiger charge is 2.33.